The van der Waals surface area contributed by atoms with Gasteiger partial charge in [0.25, 0.3) is 0 Å². The fourth-order valence-corrected chi connectivity index (χ4v) is 1.72. The number of likely N-dealkylation sites (tertiary alicyclic amines) is 1. The lowest BCUT2D eigenvalue weighted by molar-refractivity contribution is 0.0252. The molecular formula is C11H22N2O3. The molecule has 1 aliphatic heterocycles. The van der Waals surface area contributed by atoms with Crippen LogP contribution in [-0.2, 0) is 4.74 Å². The van der Waals surface area contributed by atoms with Gasteiger partial charge in [-0.15, -0.1) is 0 Å². The molecule has 0 bridgehead atoms. The van der Waals surface area contributed by atoms with Crippen LogP contribution in [0.1, 0.15) is 27.2 Å². The second kappa shape index (κ2) is 5.01. The van der Waals surface area contributed by atoms with Crippen molar-refractivity contribution in [3.05, 3.63) is 0 Å². The van der Waals surface area contributed by atoms with Gasteiger partial charge in [0, 0.05) is 6.54 Å². The van der Waals surface area contributed by atoms with Crippen molar-refractivity contribution in [1.82, 2.24) is 10.2 Å². The summed E-state index contributed by atoms with van der Waals surface area (Å²) in [6.07, 6.45) is -0.232. The molecule has 0 aromatic carbocycles. The van der Waals surface area contributed by atoms with Gasteiger partial charge in [0.15, 0.2) is 0 Å². The van der Waals surface area contributed by atoms with Crippen molar-refractivity contribution in [2.24, 2.45) is 0 Å². The van der Waals surface area contributed by atoms with Crippen LogP contribution in [0.25, 0.3) is 0 Å². The molecule has 0 spiro atoms. The van der Waals surface area contributed by atoms with Crippen molar-refractivity contribution in [3.63, 3.8) is 0 Å². The summed E-state index contributed by atoms with van der Waals surface area (Å²) in [5.41, 5.74) is -0.500. The second-order valence-electron chi connectivity index (χ2n) is 5.37. The molecule has 16 heavy (non-hydrogen) atoms. The quantitative estimate of drug-likeness (QED) is 0.691. The number of nitrogens with zero attached hydrogens (tertiary/aromatic N) is 1. The molecule has 1 fully saturated rings. The van der Waals surface area contributed by atoms with Gasteiger partial charge in [-0.1, -0.05) is 0 Å². The van der Waals surface area contributed by atoms with Crippen LogP contribution >= 0.6 is 0 Å². The molecule has 5 nitrogen and oxygen atoms in total. The lowest BCUT2D eigenvalue weighted by Crippen LogP contribution is -2.53. The number of rotatable bonds is 1. The van der Waals surface area contributed by atoms with Crippen molar-refractivity contribution in [3.8, 4) is 0 Å². The number of aliphatic hydroxyl groups excluding tert-OH is 1. The number of β-amino-alcohol motifs (C(OH)–C–C–N with tert-alkyl or cyclic N) is 1. The van der Waals surface area contributed by atoms with Crippen LogP contribution in [-0.4, -0.2) is 54.0 Å². The maximum atomic E-state index is 11.5. The summed E-state index contributed by atoms with van der Waals surface area (Å²) in [7, 11) is 1.95. The molecule has 1 saturated heterocycles. The van der Waals surface area contributed by atoms with Crippen LogP contribution in [0.3, 0.4) is 0 Å². The molecule has 0 aromatic rings. The van der Waals surface area contributed by atoms with Gasteiger partial charge >= 0.3 is 6.09 Å². The first-order chi connectivity index (χ1) is 7.28. The molecule has 94 valence electrons. The van der Waals surface area contributed by atoms with Gasteiger partial charge < -0.3 is 20.1 Å². The molecule has 0 saturated carbocycles. The number of hydrogen-bond acceptors (Lipinski definition) is 4. The molecular weight excluding hydrogens is 208 g/mol. The SMILES string of the molecule is CN1CC[C@H](NC(=O)OC(C)(C)C)[C@H](O)C1. The van der Waals surface area contributed by atoms with Gasteiger partial charge in [-0.05, 0) is 40.8 Å². The van der Waals surface area contributed by atoms with Gasteiger partial charge in [0.2, 0.25) is 0 Å². The minimum Gasteiger partial charge on any atom is -0.444 e. The van der Waals surface area contributed by atoms with Crippen molar-refractivity contribution in [1.29, 1.82) is 0 Å². The van der Waals surface area contributed by atoms with E-state index in [4.69, 9.17) is 4.74 Å². The predicted octanol–water partition coefficient (Wildman–Crippen LogP) is 0.576. The molecule has 1 amide bonds. The Morgan fingerprint density at radius 1 is 1.50 bits per heavy atom. The van der Waals surface area contributed by atoms with Crippen LogP contribution < -0.4 is 5.32 Å². The molecule has 1 rings (SSSR count). The van der Waals surface area contributed by atoms with Crippen molar-refractivity contribution < 1.29 is 14.6 Å². The monoisotopic (exact) mass is 230 g/mol. The van der Waals surface area contributed by atoms with Gasteiger partial charge in [0.05, 0.1) is 12.1 Å². The number of amides is 1. The van der Waals surface area contributed by atoms with E-state index in [1.165, 1.54) is 0 Å². The number of carbonyl (C=O) groups is 1. The van der Waals surface area contributed by atoms with Gasteiger partial charge in [-0.2, -0.15) is 0 Å². The maximum absolute atomic E-state index is 11.5. The van der Waals surface area contributed by atoms with Gasteiger partial charge in [-0.3, -0.25) is 0 Å². The standard InChI is InChI=1S/C11H22N2O3/c1-11(2,3)16-10(15)12-8-5-6-13(4)7-9(8)14/h8-9,14H,5-7H2,1-4H3,(H,12,15)/t8-,9+/m0/s1. The third kappa shape index (κ3) is 4.37. The molecule has 2 atom stereocenters. The summed E-state index contributed by atoms with van der Waals surface area (Å²) < 4.78 is 5.14. The highest BCUT2D eigenvalue weighted by atomic mass is 16.6. The smallest absolute Gasteiger partial charge is 0.407 e. The van der Waals surface area contributed by atoms with Crippen molar-refractivity contribution in [2.75, 3.05) is 20.1 Å². The molecule has 0 aromatic heterocycles. The molecule has 1 aliphatic rings. The number of ether oxygens (including phenoxy) is 1. The summed E-state index contributed by atoms with van der Waals surface area (Å²) in [6.45, 7) is 6.91. The zero-order chi connectivity index (χ0) is 12.3. The number of piperidine rings is 1. The van der Waals surface area contributed by atoms with Crippen LogP contribution in [0.5, 0.6) is 0 Å². The van der Waals surface area contributed by atoms with Crippen LogP contribution in [0.4, 0.5) is 4.79 Å². The molecule has 1 heterocycles. The number of likely N-dealkylation sites (N-methyl/N-ethyl adjacent to an activating group) is 1. The highest BCUT2D eigenvalue weighted by molar-refractivity contribution is 5.68. The Labute approximate surface area is 96.8 Å². The van der Waals surface area contributed by atoms with E-state index < -0.39 is 17.8 Å². The average molecular weight is 230 g/mol. The zero-order valence-electron chi connectivity index (χ0n) is 10.5. The summed E-state index contributed by atoms with van der Waals surface area (Å²) in [5.74, 6) is 0. The highest BCUT2D eigenvalue weighted by Crippen LogP contribution is 2.11. The number of hydrogen-bond donors (Lipinski definition) is 2. The summed E-state index contributed by atoms with van der Waals surface area (Å²) in [5, 5.41) is 12.5. The number of aliphatic hydroxyl groups is 1. The summed E-state index contributed by atoms with van der Waals surface area (Å²) in [4.78, 5) is 13.5. The van der Waals surface area contributed by atoms with E-state index in [0.717, 1.165) is 13.0 Å². The number of nitrogens with one attached hydrogen (secondary N) is 1. The summed E-state index contributed by atoms with van der Waals surface area (Å²) in [6, 6.07) is -0.203. The number of alkyl carbamates (subject to hydrolysis) is 1. The number of carbonyl (C=O) groups excluding carboxylic acids is 1. The van der Waals surface area contributed by atoms with Crippen molar-refractivity contribution in [2.45, 2.75) is 44.9 Å². The Morgan fingerprint density at radius 3 is 2.62 bits per heavy atom. The van der Waals surface area contributed by atoms with Crippen LogP contribution in [0.15, 0.2) is 0 Å². The van der Waals surface area contributed by atoms with E-state index in [1.807, 2.05) is 32.7 Å². The molecule has 5 heteroatoms. The second-order valence-corrected chi connectivity index (χ2v) is 5.37. The lowest BCUT2D eigenvalue weighted by Gasteiger charge is -2.34. The summed E-state index contributed by atoms with van der Waals surface area (Å²) >= 11 is 0. The van der Waals surface area contributed by atoms with Crippen molar-refractivity contribution >= 4 is 6.09 Å². The van der Waals surface area contributed by atoms with E-state index in [1.54, 1.807) is 0 Å². The van der Waals surface area contributed by atoms with E-state index in [2.05, 4.69) is 5.32 Å². The van der Waals surface area contributed by atoms with Gasteiger partial charge in [-0.25, -0.2) is 4.79 Å². The third-order valence-corrected chi connectivity index (χ3v) is 2.49. The average Bonchev–Trinajstić information content (AvgIpc) is 2.06. The predicted molar refractivity (Wildman–Crippen MR) is 61.3 cm³/mol. The van der Waals surface area contributed by atoms with Crippen LogP contribution in [0.2, 0.25) is 0 Å². The molecule has 0 unspecified atom stereocenters. The minimum atomic E-state index is -0.522. The van der Waals surface area contributed by atoms with E-state index in [-0.39, 0.29) is 6.04 Å². The Kier molecular flexibility index (Phi) is 4.15. The molecule has 0 radical (unpaired) electrons. The Morgan fingerprint density at radius 2 is 2.12 bits per heavy atom. The van der Waals surface area contributed by atoms with E-state index in [9.17, 15) is 9.90 Å². The van der Waals surface area contributed by atoms with Gasteiger partial charge in [0.1, 0.15) is 5.60 Å². The Hall–Kier alpha value is -0.810. The molecule has 0 aliphatic carbocycles. The Balaban J connectivity index is 2.39. The first-order valence-corrected chi connectivity index (χ1v) is 5.64. The molecule has 2 N–H and O–H groups in total. The maximum Gasteiger partial charge on any atom is 0.407 e. The third-order valence-electron chi connectivity index (χ3n) is 2.49. The largest absolute Gasteiger partial charge is 0.444 e. The zero-order valence-corrected chi connectivity index (χ0v) is 10.5. The normalized spacial score (nSPS) is 27.6. The Bertz CT molecular complexity index is 250. The first kappa shape index (κ1) is 13.3. The highest BCUT2D eigenvalue weighted by Gasteiger charge is 2.28. The fourth-order valence-electron chi connectivity index (χ4n) is 1.72. The minimum absolute atomic E-state index is 0.203. The topological polar surface area (TPSA) is 61.8 Å². The lowest BCUT2D eigenvalue weighted by atomic mass is 10.0. The van der Waals surface area contributed by atoms with E-state index >= 15 is 0 Å². The van der Waals surface area contributed by atoms with Crippen LogP contribution in [0, 0.1) is 0 Å². The fraction of sp³-hybridized carbons (Fsp3) is 0.909. The van der Waals surface area contributed by atoms with E-state index in [0.29, 0.717) is 6.54 Å². The first-order valence-electron chi connectivity index (χ1n) is 5.64.